The summed E-state index contributed by atoms with van der Waals surface area (Å²) < 4.78 is 0. The Morgan fingerprint density at radius 3 is 2.88 bits per heavy atom. The van der Waals surface area contributed by atoms with E-state index >= 15 is 0 Å². The van der Waals surface area contributed by atoms with Crippen molar-refractivity contribution in [2.45, 2.75) is 38.6 Å². The minimum Gasteiger partial charge on any atom is -0.327 e. The smallest absolute Gasteiger partial charge is 0.164 e. The second kappa shape index (κ2) is 4.79. The van der Waals surface area contributed by atoms with Crippen LogP contribution in [0.1, 0.15) is 42.1 Å². The molecule has 1 saturated carbocycles. The van der Waals surface area contributed by atoms with E-state index in [0.29, 0.717) is 12.3 Å². The van der Waals surface area contributed by atoms with Crippen LogP contribution in [0, 0.1) is 5.92 Å². The zero-order valence-electron chi connectivity index (χ0n) is 9.78. The van der Waals surface area contributed by atoms with Crippen molar-refractivity contribution in [3.63, 3.8) is 0 Å². The lowest BCUT2D eigenvalue weighted by molar-refractivity contribution is 0.0971. The summed E-state index contributed by atoms with van der Waals surface area (Å²) in [4.78, 5) is 12.0. The van der Waals surface area contributed by atoms with Crippen molar-refractivity contribution in [2.24, 2.45) is 11.7 Å². The SMILES string of the molecule is CCc1cccc(C(=O)CC(N)C2CC2)c1. The Labute approximate surface area is 96.8 Å². The molecule has 2 rings (SSSR count). The minimum absolute atomic E-state index is 0.0674. The van der Waals surface area contributed by atoms with Gasteiger partial charge in [-0.1, -0.05) is 25.1 Å². The first-order valence-corrected chi connectivity index (χ1v) is 6.08. The molecule has 2 N–H and O–H groups in total. The number of carbonyl (C=O) groups excluding carboxylic acids is 1. The summed E-state index contributed by atoms with van der Waals surface area (Å²) >= 11 is 0. The summed E-state index contributed by atoms with van der Waals surface area (Å²) in [6, 6.07) is 7.95. The summed E-state index contributed by atoms with van der Waals surface area (Å²) in [6.45, 7) is 2.10. The molecule has 0 saturated heterocycles. The monoisotopic (exact) mass is 217 g/mol. The van der Waals surface area contributed by atoms with Crippen LogP contribution in [0.15, 0.2) is 24.3 Å². The lowest BCUT2D eigenvalue weighted by atomic mass is 9.99. The molecule has 1 aromatic rings. The summed E-state index contributed by atoms with van der Waals surface area (Å²) in [5.41, 5.74) is 8.00. The van der Waals surface area contributed by atoms with Gasteiger partial charge in [-0.3, -0.25) is 4.79 Å². The van der Waals surface area contributed by atoms with Crippen molar-refractivity contribution in [1.82, 2.24) is 0 Å². The Kier molecular flexibility index (Phi) is 3.39. The number of rotatable bonds is 5. The molecule has 0 heterocycles. The van der Waals surface area contributed by atoms with Crippen LogP contribution in [0.5, 0.6) is 0 Å². The zero-order chi connectivity index (χ0) is 11.5. The van der Waals surface area contributed by atoms with E-state index in [1.165, 1.54) is 18.4 Å². The van der Waals surface area contributed by atoms with Crippen LogP contribution in [0.4, 0.5) is 0 Å². The molecule has 0 aromatic heterocycles. The van der Waals surface area contributed by atoms with Crippen molar-refractivity contribution in [3.05, 3.63) is 35.4 Å². The molecule has 2 heteroatoms. The van der Waals surface area contributed by atoms with Crippen LogP contribution in [-0.4, -0.2) is 11.8 Å². The average molecular weight is 217 g/mol. The number of benzene rings is 1. The maximum Gasteiger partial charge on any atom is 0.164 e. The number of nitrogens with two attached hydrogens (primary N) is 1. The first kappa shape index (κ1) is 11.3. The number of carbonyl (C=O) groups is 1. The molecule has 86 valence electrons. The Bertz CT molecular complexity index is 382. The minimum atomic E-state index is 0.0674. The predicted octanol–water partition coefficient (Wildman–Crippen LogP) is 2.56. The van der Waals surface area contributed by atoms with Gasteiger partial charge >= 0.3 is 0 Å². The summed E-state index contributed by atoms with van der Waals surface area (Å²) in [7, 11) is 0. The van der Waals surface area contributed by atoms with E-state index in [-0.39, 0.29) is 11.8 Å². The fourth-order valence-corrected chi connectivity index (χ4v) is 1.99. The molecule has 0 bridgehead atoms. The van der Waals surface area contributed by atoms with Gasteiger partial charge in [0.2, 0.25) is 0 Å². The van der Waals surface area contributed by atoms with Gasteiger partial charge in [0.15, 0.2) is 5.78 Å². The summed E-state index contributed by atoms with van der Waals surface area (Å²) in [6.07, 6.45) is 3.86. The van der Waals surface area contributed by atoms with Crippen molar-refractivity contribution in [2.75, 3.05) is 0 Å². The van der Waals surface area contributed by atoms with Crippen molar-refractivity contribution in [3.8, 4) is 0 Å². The zero-order valence-corrected chi connectivity index (χ0v) is 9.78. The predicted molar refractivity (Wildman–Crippen MR) is 65.5 cm³/mol. The molecular weight excluding hydrogens is 198 g/mol. The Morgan fingerprint density at radius 1 is 1.50 bits per heavy atom. The third-order valence-electron chi connectivity index (χ3n) is 3.31. The number of hydrogen-bond donors (Lipinski definition) is 1. The number of Topliss-reactive ketones (excluding diaryl/α,β-unsaturated/α-hetero) is 1. The van der Waals surface area contributed by atoms with Gasteiger partial charge in [-0.15, -0.1) is 0 Å². The third kappa shape index (κ3) is 2.70. The molecule has 0 radical (unpaired) electrons. The summed E-state index contributed by atoms with van der Waals surface area (Å²) in [5.74, 6) is 0.785. The van der Waals surface area contributed by atoms with Gasteiger partial charge in [-0.25, -0.2) is 0 Å². The van der Waals surface area contributed by atoms with Crippen molar-refractivity contribution >= 4 is 5.78 Å². The fourth-order valence-electron chi connectivity index (χ4n) is 1.99. The van der Waals surface area contributed by atoms with Crippen LogP contribution in [0.25, 0.3) is 0 Å². The highest BCUT2D eigenvalue weighted by molar-refractivity contribution is 5.96. The highest BCUT2D eigenvalue weighted by Gasteiger charge is 2.29. The second-order valence-corrected chi connectivity index (χ2v) is 4.68. The Balaban J connectivity index is 2.01. The largest absolute Gasteiger partial charge is 0.327 e. The van der Waals surface area contributed by atoms with Gasteiger partial charge in [0, 0.05) is 18.0 Å². The fraction of sp³-hybridized carbons (Fsp3) is 0.500. The lowest BCUT2D eigenvalue weighted by Crippen LogP contribution is -2.25. The average Bonchev–Trinajstić information content (AvgIpc) is 3.13. The molecule has 2 nitrogen and oxygen atoms in total. The molecule has 1 atom stereocenters. The van der Waals surface area contributed by atoms with Crippen LogP contribution in [0.2, 0.25) is 0 Å². The van der Waals surface area contributed by atoms with Gasteiger partial charge in [0.1, 0.15) is 0 Å². The quantitative estimate of drug-likeness (QED) is 0.770. The van der Waals surface area contributed by atoms with Gasteiger partial charge in [-0.2, -0.15) is 0 Å². The van der Waals surface area contributed by atoms with Gasteiger partial charge in [0.05, 0.1) is 0 Å². The van der Waals surface area contributed by atoms with Gasteiger partial charge in [0.25, 0.3) is 0 Å². The van der Waals surface area contributed by atoms with Crippen LogP contribution in [0.3, 0.4) is 0 Å². The Hall–Kier alpha value is -1.15. The molecule has 16 heavy (non-hydrogen) atoms. The van der Waals surface area contributed by atoms with E-state index in [2.05, 4.69) is 13.0 Å². The van der Waals surface area contributed by atoms with Crippen LogP contribution < -0.4 is 5.73 Å². The van der Waals surface area contributed by atoms with E-state index in [1.54, 1.807) is 0 Å². The molecule has 1 aliphatic rings. The molecule has 1 fully saturated rings. The standard InChI is InChI=1S/C14H19NO/c1-2-10-4-3-5-12(8-10)14(16)9-13(15)11-6-7-11/h3-5,8,11,13H,2,6-7,9,15H2,1H3. The maximum absolute atomic E-state index is 12.0. The number of aryl methyl sites for hydroxylation is 1. The second-order valence-electron chi connectivity index (χ2n) is 4.68. The lowest BCUT2D eigenvalue weighted by Gasteiger charge is -2.09. The third-order valence-corrected chi connectivity index (χ3v) is 3.31. The topological polar surface area (TPSA) is 43.1 Å². The van der Waals surface area contributed by atoms with E-state index in [9.17, 15) is 4.79 Å². The molecule has 0 aliphatic heterocycles. The van der Waals surface area contributed by atoms with Crippen LogP contribution in [-0.2, 0) is 6.42 Å². The molecule has 0 spiro atoms. The molecule has 1 aliphatic carbocycles. The molecule has 0 amide bonds. The van der Waals surface area contributed by atoms with Gasteiger partial charge < -0.3 is 5.73 Å². The first-order valence-electron chi connectivity index (χ1n) is 6.08. The van der Waals surface area contributed by atoms with Crippen LogP contribution >= 0.6 is 0 Å². The highest BCUT2D eigenvalue weighted by atomic mass is 16.1. The van der Waals surface area contributed by atoms with Crippen molar-refractivity contribution < 1.29 is 4.79 Å². The normalized spacial score (nSPS) is 17.1. The van der Waals surface area contributed by atoms with E-state index < -0.39 is 0 Å². The molecule has 1 aromatic carbocycles. The molecule has 1 unspecified atom stereocenters. The van der Waals surface area contributed by atoms with Crippen molar-refractivity contribution in [1.29, 1.82) is 0 Å². The van der Waals surface area contributed by atoms with E-state index in [4.69, 9.17) is 5.73 Å². The number of hydrogen-bond acceptors (Lipinski definition) is 2. The summed E-state index contributed by atoms with van der Waals surface area (Å²) in [5, 5.41) is 0. The maximum atomic E-state index is 12.0. The Morgan fingerprint density at radius 2 is 2.25 bits per heavy atom. The van der Waals surface area contributed by atoms with E-state index in [0.717, 1.165) is 12.0 Å². The van der Waals surface area contributed by atoms with Gasteiger partial charge in [-0.05, 0) is 36.8 Å². The number of ketones is 1. The highest BCUT2D eigenvalue weighted by Crippen LogP contribution is 2.33. The first-order chi connectivity index (χ1) is 7.70. The van der Waals surface area contributed by atoms with E-state index in [1.807, 2.05) is 18.2 Å². The molecular formula is C14H19NO.